The summed E-state index contributed by atoms with van der Waals surface area (Å²) in [6.07, 6.45) is 0. The van der Waals surface area contributed by atoms with Gasteiger partial charge >= 0.3 is 0 Å². The van der Waals surface area contributed by atoms with Crippen LogP contribution in [0, 0.1) is 0 Å². The quantitative estimate of drug-likeness (QED) is 0.151. The highest BCUT2D eigenvalue weighted by molar-refractivity contribution is 7.26. The first-order chi connectivity index (χ1) is 30.7. The Hall–Kier alpha value is -7.92. The van der Waals surface area contributed by atoms with Gasteiger partial charge in [-0.25, -0.2) is 0 Å². The Morgan fingerprint density at radius 1 is 0.306 bits per heavy atom. The molecule has 0 saturated heterocycles. The van der Waals surface area contributed by atoms with Crippen molar-refractivity contribution in [2.75, 3.05) is 9.80 Å². The van der Waals surface area contributed by atoms with Crippen LogP contribution in [0.3, 0.4) is 0 Å². The number of thiophene rings is 1. The number of fused-ring (bicyclic) bond motifs is 8. The van der Waals surface area contributed by atoms with E-state index in [1.54, 1.807) is 0 Å². The molecule has 62 heavy (non-hydrogen) atoms. The van der Waals surface area contributed by atoms with Crippen molar-refractivity contribution in [1.29, 1.82) is 0 Å². The number of benzene rings is 10. The lowest BCUT2D eigenvalue weighted by atomic mass is 9.99. The fraction of sp³-hybridized carbons (Fsp3) is 0. The van der Waals surface area contributed by atoms with Crippen molar-refractivity contribution in [3.05, 3.63) is 237 Å². The lowest BCUT2D eigenvalue weighted by Crippen LogP contribution is -2.13. The highest BCUT2D eigenvalue weighted by Crippen LogP contribution is 2.46. The summed E-state index contributed by atoms with van der Waals surface area (Å²) in [4.78, 5) is 4.73. The molecule has 2 heterocycles. The van der Waals surface area contributed by atoms with E-state index in [0.717, 1.165) is 50.9 Å². The van der Waals surface area contributed by atoms with Crippen molar-refractivity contribution in [2.45, 2.75) is 0 Å². The lowest BCUT2D eigenvalue weighted by molar-refractivity contribution is 1.18. The van der Waals surface area contributed by atoms with Gasteiger partial charge in [0.1, 0.15) is 0 Å². The number of hydrogen-bond donors (Lipinski definition) is 0. The summed E-state index contributed by atoms with van der Waals surface area (Å²) in [6.45, 7) is 0. The summed E-state index contributed by atoms with van der Waals surface area (Å²) in [6, 6.07) is 85.9. The Kier molecular flexibility index (Phi) is 8.68. The molecule has 0 fully saturated rings. The number of nitrogens with zero attached hydrogens (tertiary/aromatic N) is 3. The van der Waals surface area contributed by atoms with Gasteiger partial charge in [-0.15, -0.1) is 11.3 Å². The van der Waals surface area contributed by atoms with E-state index in [-0.39, 0.29) is 0 Å². The topological polar surface area (TPSA) is 11.4 Å². The summed E-state index contributed by atoms with van der Waals surface area (Å²) >= 11 is 1.89. The minimum absolute atomic E-state index is 1.07. The number of anilines is 6. The fourth-order valence-corrected chi connectivity index (χ4v) is 10.5. The molecule has 0 spiro atoms. The molecule has 0 N–H and O–H groups in total. The van der Waals surface area contributed by atoms with Crippen molar-refractivity contribution in [3.8, 4) is 16.8 Å². The molecule has 0 atom stereocenters. The number of rotatable bonds is 8. The molecule has 0 unspecified atom stereocenters. The second-order valence-electron chi connectivity index (χ2n) is 15.8. The predicted octanol–water partition coefficient (Wildman–Crippen LogP) is 16.9. The second kappa shape index (κ2) is 15.0. The largest absolute Gasteiger partial charge is 0.310 e. The van der Waals surface area contributed by atoms with Crippen LogP contribution in [0.5, 0.6) is 0 Å². The Morgan fingerprint density at radius 2 is 0.823 bits per heavy atom. The molecular weight excluding hydrogens is 771 g/mol. The van der Waals surface area contributed by atoms with Crippen LogP contribution in [0.4, 0.5) is 34.1 Å². The molecule has 12 aromatic rings. The molecule has 12 rings (SSSR count). The van der Waals surface area contributed by atoms with Crippen LogP contribution in [0.25, 0.3) is 69.6 Å². The Morgan fingerprint density at radius 3 is 1.40 bits per heavy atom. The Bertz CT molecular complexity index is 3380. The van der Waals surface area contributed by atoms with E-state index >= 15 is 0 Å². The summed E-state index contributed by atoms with van der Waals surface area (Å²) in [5, 5.41) is 7.64. The zero-order chi connectivity index (χ0) is 41.0. The maximum Gasteiger partial charge on any atom is 0.0547 e. The first-order valence-electron chi connectivity index (χ1n) is 21.1. The van der Waals surface area contributed by atoms with Gasteiger partial charge in [-0.05, 0) is 126 Å². The van der Waals surface area contributed by atoms with E-state index in [4.69, 9.17) is 0 Å². The molecule has 0 aliphatic heterocycles. The minimum Gasteiger partial charge on any atom is -0.310 e. The van der Waals surface area contributed by atoms with Gasteiger partial charge in [-0.2, -0.15) is 0 Å². The SMILES string of the molecule is c1ccc(N(c2ccccc2)c2cc(-c3ccc4c(c3)c3cc5c(ccc6c7ccccc7sc56)cc3n4-c3ccccc3)cc(N(c3ccccc3)c3ccccc3)c2)cc1. The van der Waals surface area contributed by atoms with Gasteiger partial charge in [0.05, 0.1) is 11.0 Å². The van der Waals surface area contributed by atoms with Crippen LogP contribution in [-0.4, -0.2) is 4.57 Å². The van der Waals surface area contributed by atoms with Crippen LogP contribution in [0.15, 0.2) is 237 Å². The molecule has 4 heteroatoms. The summed E-state index contributed by atoms with van der Waals surface area (Å²) in [5.74, 6) is 0. The van der Waals surface area contributed by atoms with Gasteiger partial charge in [0, 0.05) is 76.1 Å². The molecule has 0 aliphatic rings. The average molecular weight is 810 g/mol. The molecule has 0 saturated carbocycles. The first kappa shape index (κ1) is 36.0. The zero-order valence-corrected chi connectivity index (χ0v) is 34.6. The van der Waals surface area contributed by atoms with Gasteiger partial charge in [0.25, 0.3) is 0 Å². The molecule has 0 aliphatic carbocycles. The minimum atomic E-state index is 1.07. The first-order valence-corrected chi connectivity index (χ1v) is 21.9. The van der Waals surface area contributed by atoms with Crippen LogP contribution in [-0.2, 0) is 0 Å². The number of aromatic nitrogens is 1. The third-order valence-corrected chi connectivity index (χ3v) is 13.3. The van der Waals surface area contributed by atoms with Crippen LogP contribution in [0.1, 0.15) is 0 Å². The fourth-order valence-electron chi connectivity index (χ4n) is 9.28. The number of hydrogen-bond acceptors (Lipinski definition) is 3. The van der Waals surface area contributed by atoms with Crippen molar-refractivity contribution in [2.24, 2.45) is 0 Å². The number of para-hydroxylation sites is 5. The molecule has 292 valence electrons. The highest BCUT2D eigenvalue weighted by atomic mass is 32.1. The molecule has 3 nitrogen and oxygen atoms in total. The van der Waals surface area contributed by atoms with Gasteiger partial charge in [0.15, 0.2) is 0 Å². The van der Waals surface area contributed by atoms with Crippen LogP contribution >= 0.6 is 11.3 Å². The monoisotopic (exact) mass is 809 g/mol. The van der Waals surface area contributed by atoms with E-state index in [2.05, 4.69) is 251 Å². The summed E-state index contributed by atoms with van der Waals surface area (Å²) in [5.41, 5.74) is 12.3. The summed E-state index contributed by atoms with van der Waals surface area (Å²) in [7, 11) is 0. The maximum absolute atomic E-state index is 2.45. The third-order valence-electron chi connectivity index (χ3n) is 12.1. The second-order valence-corrected chi connectivity index (χ2v) is 16.8. The van der Waals surface area contributed by atoms with Crippen molar-refractivity contribution in [3.63, 3.8) is 0 Å². The van der Waals surface area contributed by atoms with E-state index in [0.29, 0.717) is 0 Å². The predicted molar refractivity (Wildman–Crippen MR) is 266 cm³/mol. The Labute approximate surface area is 364 Å². The van der Waals surface area contributed by atoms with E-state index in [1.807, 2.05) is 11.3 Å². The standard InChI is InChI=1S/C58H39N3S/c1-6-18-43(19-7-1)59(44-20-8-2-9-21-44)48-34-42(35-49(38-48)60(45-22-10-3-11-23-45)46-24-12-4-13-25-46)40-31-33-55-53(36-40)54-39-52-41(37-56(54)61(55)47-26-14-5-15-27-47)30-32-51-50-28-16-17-29-57(50)62-58(51)52/h1-39H. The maximum atomic E-state index is 2.45. The van der Waals surface area contributed by atoms with Gasteiger partial charge < -0.3 is 14.4 Å². The average Bonchev–Trinajstić information content (AvgIpc) is 3.88. The van der Waals surface area contributed by atoms with E-state index in [9.17, 15) is 0 Å². The summed E-state index contributed by atoms with van der Waals surface area (Å²) < 4.78 is 5.09. The lowest BCUT2D eigenvalue weighted by Gasteiger charge is -2.30. The van der Waals surface area contributed by atoms with E-state index < -0.39 is 0 Å². The molecule has 0 radical (unpaired) electrons. The molecular formula is C58H39N3S. The normalized spacial score (nSPS) is 11.5. The van der Waals surface area contributed by atoms with Gasteiger partial charge in [-0.3, -0.25) is 0 Å². The van der Waals surface area contributed by atoms with E-state index in [1.165, 1.54) is 52.8 Å². The zero-order valence-electron chi connectivity index (χ0n) is 33.8. The van der Waals surface area contributed by atoms with Crippen LogP contribution in [0.2, 0.25) is 0 Å². The molecule has 10 aromatic carbocycles. The van der Waals surface area contributed by atoms with Gasteiger partial charge in [0.2, 0.25) is 0 Å². The highest BCUT2D eigenvalue weighted by Gasteiger charge is 2.21. The van der Waals surface area contributed by atoms with Crippen molar-refractivity contribution >= 4 is 98.2 Å². The van der Waals surface area contributed by atoms with Crippen molar-refractivity contribution in [1.82, 2.24) is 4.57 Å². The molecule has 0 bridgehead atoms. The molecule has 2 aromatic heterocycles. The van der Waals surface area contributed by atoms with Gasteiger partial charge in [-0.1, -0.05) is 127 Å². The van der Waals surface area contributed by atoms with Crippen molar-refractivity contribution < 1.29 is 0 Å². The smallest absolute Gasteiger partial charge is 0.0547 e. The third kappa shape index (κ3) is 6.11. The Balaban J connectivity index is 1.14. The molecule has 0 amide bonds. The van der Waals surface area contributed by atoms with Crippen LogP contribution < -0.4 is 9.80 Å².